The topological polar surface area (TPSA) is 83.9 Å². The van der Waals surface area contributed by atoms with Crippen LogP contribution in [0, 0.1) is 11.3 Å². The van der Waals surface area contributed by atoms with Crippen LogP contribution in [0.25, 0.3) is 22.3 Å². The van der Waals surface area contributed by atoms with Crippen molar-refractivity contribution in [2.24, 2.45) is 5.14 Å². The summed E-state index contributed by atoms with van der Waals surface area (Å²) in [6.07, 6.45) is -4.52. The molecule has 0 atom stereocenters. The zero-order valence-electron chi connectivity index (χ0n) is 14.2. The Kier molecular flexibility index (Phi) is 4.98. The Morgan fingerprint density at radius 3 is 1.86 bits per heavy atom. The maximum absolute atomic E-state index is 13.2. The van der Waals surface area contributed by atoms with Crippen LogP contribution in [-0.4, -0.2) is 8.42 Å². The SMILES string of the molecule is N#Cc1ccc(-c2cc(C(F)(F)F)ccc2-c2ccc(S(N)(=O)=O)cc2)cc1. The van der Waals surface area contributed by atoms with Crippen LogP contribution in [0.5, 0.6) is 0 Å². The molecule has 0 fully saturated rings. The molecule has 3 aromatic carbocycles. The van der Waals surface area contributed by atoms with Gasteiger partial charge in [0.2, 0.25) is 10.0 Å². The summed E-state index contributed by atoms with van der Waals surface area (Å²) in [6, 6.07) is 17.0. The summed E-state index contributed by atoms with van der Waals surface area (Å²) in [6.45, 7) is 0. The molecular weight excluding hydrogens is 389 g/mol. The molecule has 0 heterocycles. The van der Waals surface area contributed by atoms with Crippen LogP contribution in [0.15, 0.2) is 71.6 Å². The molecule has 0 aromatic heterocycles. The van der Waals surface area contributed by atoms with Crippen molar-refractivity contribution in [3.63, 3.8) is 0 Å². The number of alkyl halides is 3. The van der Waals surface area contributed by atoms with E-state index in [1.165, 1.54) is 42.5 Å². The summed E-state index contributed by atoms with van der Waals surface area (Å²) < 4.78 is 62.4. The average Bonchev–Trinajstić information content (AvgIpc) is 2.66. The maximum atomic E-state index is 13.2. The molecule has 0 aliphatic rings. The molecule has 0 radical (unpaired) electrons. The standard InChI is InChI=1S/C20H13F3N2O2S/c21-20(22,23)16-7-10-18(14-5-8-17(9-6-14)28(25,26)27)19(11-16)15-3-1-13(12-24)2-4-15/h1-11H,(H2,25,26,27). The zero-order valence-corrected chi connectivity index (χ0v) is 15.1. The molecule has 0 amide bonds. The molecule has 2 N–H and O–H groups in total. The maximum Gasteiger partial charge on any atom is 0.416 e. The van der Waals surface area contributed by atoms with Gasteiger partial charge in [-0.15, -0.1) is 0 Å². The Morgan fingerprint density at radius 2 is 1.36 bits per heavy atom. The molecule has 0 unspecified atom stereocenters. The van der Waals surface area contributed by atoms with Gasteiger partial charge < -0.3 is 0 Å². The van der Waals surface area contributed by atoms with Gasteiger partial charge in [-0.05, 0) is 58.7 Å². The first kappa shape index (κ1) is 19.6. The van der Waals surface area contributed by atoms with E-state index >= 15 is 0 Å². The molecule has 142 valence electrons. The van der Waals surface area contributed by atoms with Gasteiger partial charge in [0.15, 0.2) is 0 Å². The lowest BCUT2D eigenvalue weighted by atomic mass is 9.92. The highest BCUT2D eigenvalue weighted by molar-refractivity contribution is 7.89. The summed E-state index contributed by atoms with van der Waals surface area (Å²) in [4.78, 5) is -0.0944. The lowest BCUT2D eigenvalue weighted by Crippen LogP contribution is -2.11. The monoisotopic (exact) mass is 402 g/mol. The third-order valence-corrected chi connectivity index (χ3v) is 5.09. The van der Waals surface area contributed by atoms with Crippen LogP contribution >= 0.6 is 0 Å². The Hall–Kier alpha value is -3.15. The third-order valence-electron chi connectivity index (χ3n) is 4.17. The number of hydrogen-bond donors (Lipinski definition) is 1. The highest BCUT2D eigenvalue weighted by Gasteiger charge is 2.31. The van der Waals surface area contributed by atoms with Crippen molar-refractivity contribution in [1.82, 2.24) is 0 Å². The molecule has 0 saturated heterocycles. The fourth-order valence-electron chi connectivity index (χ4n) is 2.76. The first-order valence-corrected chi connectivity index (χ1v) is 9.49. The lowest BCUT2D eigenvalue weighted by Gasteiger charge is -2.15. The molecule has 0 bridgehead atoms. The normalized spacial score (nSPS) is 11.8. The number of benzene rings is 3. The summed E-state index contributed by atoms with van der Waals surface area (Å²) in [5, 5.41) is 14.0. The molecule has 0 aliphatic heterocycles. The van der Waals surface area contributed by atoms with Crippen molar-refractivity contribution in [3.8, 4) is 28.3 Å². The number of primary sulfonamides is 1. The van der Waals surface area contributed by atoms with E-state index < -0.39 is 21.8 Å². The summed E-state index contributed by atoms with van der Waals surface area (Å²) in [7, 11) is -3.88. The highest BCUT2D eigenvalue weighted by atomic mass is 32.2. The number of nitriles is 1. The van der Waals surface area contributed by atoms with Crippen molar-refractivity contribution in [2.75, 3.05) is 0 Å². The van der Waals surface area contributed by atoms with E-state index in [0.717, 1.165) is 12.1 Å². The molecule has 0 aliphatic carbocycles. The Morgan fingerprint density at radius 1 is 0.821 bits per heavy atom. The minimum atomic E-state index is -4.52. The van der Waals surface area contributed by atoms with E-state index in [9.17, 15) is 21.6 Å². The minimum absolute atomic E-state index is 0.0944. The van der Waals surface area contributed by atoms with Crippen LogP contribution in [0.4, 0.5) is 13.2 Å². The predicted octanol–water partition coefficient (Wildman–Crippen LogP) is 4.56. The largest absolute Gasteiger partial charge is 0.416 e. The molecule has 3 rings (SSSR count). The Bertz CT molecular complexity index is 1160. The van der Waals surface area contributed by atoms with Gasteiger partial charge in [0.25, 0.3) is 0 Å². The molecule has 28 heavy (non-hydrogen) atoms. The van der Waals surface area contributed by atoms with Crippen molar-refractivity contribution in [1.29, 1.82) is 5.26 Å². The number of rotatable bonds is 3. The summed E-state index contributed by atoms with van der Waals surface area (Å²) >= 11 is 0. The summed E-state index contributed by atoms with van der Waals surface area (Å²) in [5.74, 6) is 0. The Balaban J connectivity index is 2.18. The second-order valence-electron chi connectivity index (χ2n) is 6.02. The van der Waals surface area contributed by atoms with Crippen molar-refractivity contribution in [2.45, 2.75) is 11.1 Å². The fourth-order valence-corrected chi connectivity index (χ4v) is 3.28. The number of halogens is 3. The minimum Gasteiger partial charge on any atom is -0.225 e. The van der Waals surface area contributed by atoms with E-state index in [0.29, 0.717) is 27.8 Å². The van der Waals surface area contributed by atoms with Gasteiger partial charge in [-0.2, -0.15) is 18.4 Å². The smallest absolute Gasteiger partial charge is 0.225 e. The van der Waals surface area contributed by atoms with Crippen molar-refractivity contribution < 1.29 is 21.6 Å². The molecule has 0 spiro atoms. The first-order valence-electron chi connectivity index (χ1n) is 7.94. The van der Waals surface area contributed by atoms with Crippen molar-refractivity contribution in [3.05, 3.63) is 77.9 Å². The second kappa shape index (κ2) is 7.11. The number of hydrogen-bond acceptors (Lipinski definition) is 3. The van der Waals surface area contributed by atoms with Crippen LogP contribution in [0.1, 0.15) is 11.1 Å². The summed E-state index contributed by atoms with van der Waals surface area (Å²) in [5.41, 5.74) is 1.39. The van der Waals surface area contributed by atoms with Crippen LogP contribution in [0.2, 0.25) is 0 Å². The Labute approximate surface area is 159 Å². The van der Waals surface area contributed by atoms with Gasteiger partial charge in [0, 0.05) is 0 Å². The first-order chi connectivity index (χ1) is 13.1. The van der Waals surface area contributed by atoms with E-state index in [4.69, 9.17) is 10.4 Å². The fraction of sp³-hybridized carbons (Fsp3) is 0.0500. The lowest BCUT2D eigenvalue weighted by molar-refractivity contribution is -0.137. The zero-order chi connectivity index (χ0) is 20.5. The number of sulfonamides is 1. The average molecular weight is 402 g/mol. The molecular formula is C20H13F3N2O2S. The van der Waals surface area contributed by atoms with Crippen LogP contribution in [-0.2, 0) is 16.2 Å². The van der Waals surface area contributed by atoms with Crippen LogP contribution < -0.4 is 5.14 Å². The number of nitrogens with two attached hydrogens (primary N) is 1. The van der Waals surface area contributed by atoms with E-state index in [1.807, 2.05) is 6.07 Å². The predicted molar refractivity (Wildman–Crippen MR) is 98.4 cm³/mol. The molecule has 3 aromatic rings. The van der Waals surface area contributed by atoms with Gasteiger partial charge in [0.05, 0.1) is 22.1 Å². The van der Waals surface area contributed by atoms with Gasteiger partial charge in [0.1, 0.15) is 0 Å². The van der Waals surface area contributed by atoms with Crippen molar-refractivity contribution >= 4 is 10.0 Å². The van der Waals surface area contributed by atoms with Gasteiger partial charge in [-0.25, -0.2) is 13.6 Å². The molecule has 0 saturated carbocycles. The third kappa shape index (κ3) is 4.06. The van der Waals surface area contributed by atoms with E-state index in [-0.39, 0.29) is 4.90 Å². The van der Waals surface area contributed by atoms with Gasteiger partial charge in [-0.1, -0.05) is 30.3 Å². The van der Waals surface area contributed by atoms with E-state index in [2.05, 4.69) is 0 Å². The number of nitrogens with zero attached hydrogens (tertiary/aromatic N) is 1. The quantitative estimate of drug-likeness (QED) is 0.697. The molecule has 8 heteroatoms. The van der Waals surface area contributed by atoms with E-state index in [1.54, 1.807) is 12.1 Å². The van der Waals surface area contributed by atoms with Gasteiger partial charge >= 0.3 is 6.18 Å². The van der Waals surface area contributed by atoms with Gasteiger partial charge in [-0.3, -0.25) is 0 Å². The second-order valence-corrected chi connectivity index (χ2v) is 7.58. The highest BCUT2D eigenvalue weighted by Crippen LogP contribution is 2.38. The molecule has 4 nitrogen and oxygen atoms in total. The van der Waals surface area contributed by atoms with Crippen LogP contribution in [0.3, 0.4) is 0 Å².